The molecule has 132 valence electrons. The Hall–Kier alpha value is -2.27. The van der Waals surface area contributed by atoms with Crippen molar-refractivity contribution in [3.05, 3.63) is 59.7 Å². The van der Waals surface area contributed by atoms with E-state index >= 15 is 0 Å². The van der Waals surface area contributed by atoms with E-state index in [0.29, 0.717) is 17.9 Å². The number of benzene rings is 2. The second-order valence-corrected chi connectivity index (χ2v) is 6.89. The predicted molar refractivity (Wildman–Crippen MR) is 102 cm³/mol. The minimum atomic E-state index is -0.360. The molecule has 2 aromatic carbocycles. The summed E-state index contributed by atoms with van der Waals surface area (Å²) < 4.78 is 4.95. The lowest BCUT2D eigenvalue weighted by molar-refractivity contribution is -0.115. The summed E-state index contributed by atoms with van der Waals surface area (Å²) in [7, 11) is 0. The number of rotatable bonds is 7. The maximum absolute atomic E-state index is 12.5. The van der Waals surface area contributed by atoms with Crippen LogP contribution in [0.5, 0.6) is 0 Å². The second-order valence-electron chi connectivity index (χ2n) is 5.61. The minimum absolute atomic E-state index is 0.0445. The topological polar surface area (TPSA) is 55.4 Å². The van der Waals surface area contributed by atoms with Crippen LogP contribution in [0.1, 0.15) is 36.2 Å². The quantitative estimate of drug-likeness (QED) is 0.577. The van der Waals surface area contributed by atoms with E-state index in [-0.39, 0.29) is 17.1 Å². The lowest BCUT2D eigenvalue weighted by Crippen LogP contribution is -2.24. The van der Waals surface area contributed by atoms with Crippen LogP contribution in [-0.2, 0) is 9.53 Å². The molecule has 0 bridgehead atoms. The van der Waals surface area contributed by atoms with Gasteiger partial charge in [-0.1, -0.05) is 24.6 Å². The lowest BCUT2D eigenvalue weighted by Gasteiger charge is -2.15. The fourth-order valence-electron chi connectivity index (χ4n) is 2.23. The molecular weight excluding hydrogens is 334 g/mol. The number of hydrogen-bond donors (Lipinski definition) is 1. The Kier molecular flexibility index (Phi) is 7.07. The number of hydrogen-bond acceptors (Lipinski definition) is 4. The zero-order valence-electron chi connectivity index (χ0n) is 14.7. The maximum atomic E-state index is 12.5. The van der Waals surface area contributed by atoms with E-state index in [1.54, 1.807) is 43.0 Å². The Morgan fingerprint density at radius 1 is 1.04 bits per heavy atom. The molecule has 5 heteroatoms. The lowest BCUT2D eigenvalue weighted by atomic mass is 10.2. The molecule has 25 heavy (non-hydrogen) atoms. The molecule has 0 saturated heterocycles. The summed E-state index contributed by atoms with van der Waals surface area (Å²) >= 11 is 1.55. The van der Waals surface area contributed by atoms with Crippen LogP contribution < -0.4 is 5.32 Å². The van der Waals surface area contributed by atoms with Crippen molar-refractivity contribution in [2.75, 3.05) is 11.9 Å². The van der Waals surface area contributed by atoms with Crippen molar-refractivity contribution in [3.63, 3.8) is 0 Å². The molecule has 0 radical (unpaired) electrons. The van der Waals surface area contributed by atoms with Crippen molar-refractivity contribution < 1.29 is 14.3 Å². The van der Waals surface area contributed by atoms with E-state index in [0.717, 1.165) is 11.3 Å². The van der Waals surface area contributed by atoms with E-state index in [9.17, 15) is 9.59 Å². The molecule has 0 spiro atoms. The van der Waals surface area contributed by atoms with Gasteiger partial charge in [-0.25, -0.2) is 4.79 Å². The van der Waals surface area contributed by atoms with Gasteiger partial charge < -0.3 is 10.1 Å². The molecule has 0 aliphatic carbocycles. The fraction of sp³-hybridized carbons (Fsp3) is 0.300. The largest absolute Gasteiger partial charge is 0.462 e. The third kappa shape index (κ3) is 5.64. The SMILES string of the molecule is CCOC(=O)c1ccc(NC(=O)C(CC)Sc2ccc(C)cc2)cc1. The summed E-state index contributed by atoms with van der Waals surface area (Å²) in [4.78, 5) is 25.2. The summed E-state index contributed by atoms with van der Waals surface area (Å²) in [6.07, 6.45) is 0.727. The summed E-state index contributed by atoms with van der Waals surface area (Å²) in [6.45, 7) is 6.14. The third-order valence-corrected chi connectivity index (χ3v) is 5.00. The maximum Gasteiger partial charge on any atom is 0.338 e. The highest BCUT2D eigenvalue weighted by molar-refractivity contribution is 8.00. The van der Waals surface area contributed by atoms with Gasteiger partial charge in [-0.3, -0.25) is 4.79 Å². The molecule has 0 fully saturated rings. The van der Waals surface area contributed by atoms with E-state index in [4.69, 9.17) is 4.74 Å². The molecule has 4 nitrogen and oxygen atoms in total. The Morgan fingerprint density at radius 3 is 2.24 bits per heavy atom. The van der Waals surface area contributed by atoms with Crippen LogP contribution in [0.3, 0.4) is 0 Å². The number of carbonyl (C=O) groups excluding carboxylic acids is 2. The van der Waals surface area contributed by atoms with Gasteiger partial charge in [0.2, 0.25) is 5.91 Å². The average molecular weight is 357 g/mol. The number of anilines is 1. The summed E-state index contributed by atoms with van der Waals surface area (Å²) in [6, 6.07) is 14.9. The molecule has 1 unspecified atom stereocenters. The van der Waals surface area contributed by atoms with E-state index in [1.165, 1.54) is 5.56 Å². The Balaban J connectivity index is 1.99. The van der Waals surface area contributed by atoms with Crippen molar-refractivity contribution in [2.45, 2.75) is 37.3 Å². The Morgan fingerprint density at radius 2 is 1.68 bits per heavy atom. The van der Waals surface area contributed by atoms with Gasteiger partial charge >= 0.3 is 5.97 Å². The van der Waals surface area contributed by atoms with Crippen molar-refractivity contribution >= 4 is 29.3 Å². The number of thioether (sulfide) groups is 1. The first-order valence-electron chi connectivity index (χ1n) is 8.34. The highest BCUT2D eigenvalue weighted by Gasteiger charge is 2.18. The molecule has 1 atom stereocenters. The monoisotopic (exact) mass is 357 g/mol. The summed E-state index contributed by atoms with van der Waals surface area (Å²) in [5.74, 6) is -0.404. The van der Waals surface area contributed by atoms with Gasteiger partial charge in [0.05, 0.1) is 17.4 Å². The second kappa shape index (κ2) is 9.28. The average Bonchev–Trinajstić information content (AvgIpc) is 2.62. The van der Waals surface area contributed by atoms with Crippen LogP contribution in [0.4, 0.5) is 5.69 Å². The van der Waals surface area contributed by atoms with Crippen LogP contribution in [0, 0.1) is 6.92 Å². The van der Waals surface area contributed by atoms with E-state index in [1.807, 2.05) is 38.1 Å². The van der Waals surface area contributed by atoms with Crippen LogP contribution in [0.2, 0.25) is 0 Å². The van der Waals surface area contributed by atoms with Gasteiger partial charge in [0.25, 0.3) is 0 Å². The Labute approximate surface area is 153 Å². The standard InChI is InChI=1S/C20H23NO3S/c1-4-18(25-17-12-6-14(3)7-13-17)19(22)21-16-10-8-15(9-11-16)20(23)24-5-2/h6-13,18H,4-5H2,1-3H3,(H,21,22). The van der Waals surface area contributed by atoms with E-state index in [2.05, 4.69) is 5.32 Å². The normalized spacial score (nSPS) is 11.6. The minimum Gasteiger partial charge on any atom is -0.462 e. The molecular formula is C20H23NO3S. The zero-order chi connectivity index (χ0) is 18.2. The third-order valence-electron chi connectivity index (χ3n) is 3.63. The van der Waals surface area contributed by atoms with Crippen LogP contribution in [-0.4, -0.2) is 23.7 Å². The molecule has 0 heterocycles. The molecule has 0 aliphatic rings. The molecule has 0 saturated carbocycles. The van der Waals surface area contributed by atoms with Crippen molar-refractivity contribution in [3.8, 4) is 0 Å². The molecule has 0 aliphatic heterocycles. The zero-order valence-corrected chi connectivity index (χ0v) is 15.6. The number of aryl methyl sites for hydroxylation is 1. The first-order chi connectivity index (χ1) is 12.0. The number of amides is 1. The van der Waals surface area contributed by atoms with Gasteiger partial charge in [0.1, 0.15) is 0 Å². The molecule has 1 N–H and O–H groups in total. The van der Waals surface area contributed by atoms with E-state index < -0.39 is 0 Å². The molecule has 2 aromatic rings. The van der Waals surface area contributed by atoms with Crippen molar-refractivity contribution in [1.82, 2.24) is 0 Å². The van der Waals surface area contributed by atoms with Crippen molar-refractivity contribution in [2.24, 2.45) is 0 Å². The summed E-state index contributed by atoms with van der Waals surface area (Å²) in [5.41, 5.74) is 2.34. The fourth-order valence-corrected chi connectivity index (χ4v) is 3.18. The summed E-state index contributed by atoms with van der Waals surface area (Å²) in [5, 5.41) is 2.74. The number of ether oxygens (including phenoxy) is 1. The number of carbonyl (C=O) groups is 2. The smallest absolute Gasteiger partial charge is 0.338 e. The first kappa shape index (κ1) is 19.1. The predicted octanol–water partition coefficient (Wildman–Crippen LogP) is 4.68. The first-order valence-corrected chi connectivity index (χ1v) is 9.22. The molecule has 0 aromatic heterocycles. The van der Waals surface area contributed by atoms with Crippen molar-refractivity contribution in [1.29, 1.82) is 0 Å². The molecule has 1 amide bonds. The Bertz CT molecular complexity index is 711. The van der Waals surface area contributed by atoms with Gasteiger partial charge in [0.15, 0.2) is 0 Å². The van der Waals surface area contributed by atoms with Gasteiger partial charge in [-0.05, 0) is 56.7 Å². The van der Waals surface area contributed by atoms with Crippen LogP contribution >= 0.6 is 11.8 Å². The van der Waals surface area contributed by atoms with Crippen LogP contribution in [0.25, 0.3) is 0 Å². The number of nitrogens with one attached hydrogen (secondary N) is 1. The van der Waals surface area contributed by atoms with Gasteiger partial charge in [-0.15, -0.1) is 11.8 Å². The molecule has 2 rings (SSSR count). The van der Waals surface area contributed by atoms with Gasteiger partial charge in [0, 0.05) is 10.6 Å². The highest BCUT2D eigenvalue weighted by Crippen LogP contribution is 2.26. The highest BCUT2D eigenvalue weighted by atomic mass is 32.2. The van der Waals surface area contributed by atoms with Crippen LogP contribution in [0.15, 0.2) is 53.4 Å². The number of esters is 1. The van der Waals surface area contributed by atoms with Gasteiger partial charge in [-0.2, -0.15) is 0 Å².